The lowest BCUT2D eigenvalue weighted by atomic mass is 10.0. The van der Waals surface area contributed by atoms with Crippen LogP contribution in [-0.4, -0.2) is 24.5 Å². The monoisotopic (exact) mass is 316 g/mol. The van der Waals surface area contributed by atoms with Crippen molar-refractivity contribution in [2.24, 2.45) is 5.73 Å². The van der Waals surface area contributed by atoms with Crippen LogP contribution in [0.1, 0.15) is 38.3 Å². The Balaban J connectivity index is 3.01. The van der Waals surface area contributed by atoms with E-state index < -0.39 is 0 Å². The van der Waals surface area contributed by atoms with Crippen LogP contribution in [0.2, 0.25) is 0 Å². The molecule has 4 heteroatoms. The normalized spacial score (nSPS) is 13.3. The summed E-state index contributed by atoms with van der Waals surface area (Å²) in [4.78, 5) is 2.19. The predicted octanol–water partition coefficient (Wildman–Crippen LogP) is 3.71. The molecule has 0 aliphatic rings. The molecule has 0 aromatic heterocycles. The van der Waals surface area contributed by atoms with Gasteiger partial charge in [0.25, 0.3) is 0 Å². The summed E-state index contributed by atoms with van der Waals surface area (Å²) >= 11 is 3.28. The van der Waals surface area contributed by atoms with Crippen molar-refractivity contribution in [3.63, 3.8) is 0 Å². The highest BCUT2D eigenvalue weighted by molar-refractivity contribution is 9.10. The van der Waals surface area contributed by atoms with Crippen LogP contribution in [0, 0.1) is 5.82 Å². The largest absolute Gasteiger partial charge is 0.329 e. The topological polar surface area (TPSA) is 29.3 Å². The molecule has 2 N–H and O–H groups in total. The van der Waals surface area contributed by atoms with Crippen LogP contribution in [0.15, 0.2) is 22.7 Å². The van der Waals surface area contributed by atoms with Gasteiger partial charge in [0.15, 0.2) is 0 Å². The first-order valence-electron chi connectivity index (χ1n) is 6.42. The van der Waals surface area contributed by atoms with Crippen LogP contribution >= 0.6 is 15.9 Å². The highest BCUT2D eigenvalue weighted by Gasteiger charge is 2.23. The van der Waals surface area contributed by atoms with Gasteiger partial charge in [0, 0.05) is 28.7 Å². The summed E-state index contributed by atoms with van der Waals surface area (Å²) in [5.74, 6) is -0.197. The average Bonchev–Trinajstić information content (AvgIpc) is 2.34. The van der Waals surface area contributed by atoms with E-state index in [0.29, 0.717) is 18.2 Å². The van der Waals surface area contributed by atoms with E-state index >= 15 is 0 Å². The van der Waals surface area contributed by atoms with Crippen LogP contribution in [0.5, 0.6) is 0 Å². The van der Waals surface area contributed by atoms with Crippen molar-refractivity contribution < 1.29 is 4.39 Å². The first-order valence-corrected chi connectivity index (χ1v) is 7.21. The number of nitrogens with zero attached hydrogens (tertiary/aromatic N) is 1. The number of halogens is 2. The SMILES string of the molecule is CCC(CC)N(C)C(CN)c1ccc(Br)cc1F. The van der Waals surface area contributed by atoms with E-state index in [-0.39, 0.29) is 11.9 Å². The molecule has 0 radical (unpaired) electrons. The summed E-state index contributed by atoms with van der Waals surface area (Å²) < 4.78 is 14.8. The van der Waals surface area contributed by atoms with Gasteiger partial charge in [-0.3, -0.25) is 4.90 Å². The molecule has 0 saturated carbocycles. The molecule has 0 heterocycles. The molecule has 1 atom stereocenters. The maximum Gasteiger partial charge on any atom is 0.129 e. The van der Waals surface area contributed by atoms with Crippen molar-refractivity contribution in [3.8, 4) is 0 Å². The first-order chi connectivity index (χ1) is 8.54. The molecule has 0 aliphatic heterocycles. The summed E-state index contributed by atoms with van der Waals surface area (Å²) in [6, 6.07) is 5.54. The lowest BCUT2D eigenvalue weighted by Crippen LogP contribution is -2.38. The molecule has 1 unspecified atom stereocenters. The Bertz CT molecular complexity index is 380. The molecule has 0 aliphatic carbocycles. The van der Waals surface area contributed by atoms with Gasteiger partial charge in [-0.25, -0.2) is 4.39 Å². The van der Waals surface area contributed by atoms with Gasteiger partial charge in [-0.1, -0.05) is 35.8 Å². The molecule has 0 amide bonds. The van der Waals surface area contributed by atoms with E-state index in [4.69, 9.17) is 5.73 Å². The second-order valence-electron chi connectivity index (χ2n) is 4.55. The van der Waals surface area contributed by atoms with Gasteiger partial charge in [0.2, 0.25) is 0 Å². The first kappa shape index (κ1) is 15.6. The Kier molecular flexibility index (Phi) is 6.26. The highest BCUT2D eigenvalue weighted by atomic mass is 79.9. The van der Waals surface area contributed by atoms with E-state index in [2.05, 4.69) is 34.7 Å². The van der Waals surface area contributed by atoms with Crippen LogP contribution in [0.3, 0.4) is 0 Å². The minimum absolute atomic E-state index is 0.0667. The number of rotatable bonds is 6. The summed E-state index contributed by atoms with van der Waals surface area (Å²) in [5, 5.41) is 0. The fourth-order valence-corrected chi connectivity index (χ4v) is 2.74. The van der Waals surface area contributed by atoms with Gasteiger partial charge < -0.3 is 5.73 Å². The third-order valence-electron chi connectivity index (χ3n) is 3.55. The average molecular weight is 317 g/mol. The standard InChI is InChI=1S/C14H22BrFN2/c1-4-11(5-2)18(3)14(9-17)12-7-6-10(15)8-13(12)16/h6-8,11,14H,4-5,9,17H2,1-3H3. The van der Waals surface area contributed by atoms with Crippen molar-refractivity contribution in [1.82, 2.24) is 4.90 Å². The Labute approximate surface area is 117 Å². The lowest BCUT2D eigenvalue weighted by molar-refractivity contribution is 0.165. The van der Waals surface area contributed by atoms with E-state index in [1.54, 1.807) is 0 Å². The molecule has 18 heavy (non-hydrogen) atoms. The highest BCUT2D eigenvalue weighted by Crippen LogP contribution is 2.27. The number of likely N-dealkylation sites (N-methyl/N-ethyl adjacent to an activating group) is 1. The number of hydrogen-bond acceptors (Lipinski definition) is 2. The molecule has 0 saturated heterocycles. The van der Waals surface area contributed by atoms with Crippen LogP contribution < -0.4 is 5.73 Å². The van der Waals surface area contributed by atoms with E-state index in [0.717, 1.165) is 17.3 Å². The van der Waals surface area contributed by atoms with Gasteiger partial charge in [-0.05, 0) is 32.0 Å². The molecule has 2 nitrogen and oxygen atoms in total. The maximum absolute atomic E-state index is 14.0. The second-order valence-corrected chi connectivity index (χ2v) is 5.47. The summed E-state index contributed by atoms with van der Waals surface area (Å²) in [7, 11) is 2.02. The molecule has 1 rings (SSSR count). The van der Waals surface area contributed by atoms with Crippen molar-refractivity contribution in [1.29, 1.82) is 0 Å². The zero-order valence-electron chi connectivity index (χ0n) is 11.3. The van der Waals surface area contributed by atoms with Crippen LogP contribution in [0.25, 0.3) is 0 Å². The Morgan fingerprint density at radius 3 is 2.39 bits per heavy atom. The van der Waals surface area contributed by atoms with Gasteiger partial charge in [0.05, 0.1) is 0 Å². The molecule has 1 aromatic carbocycles. The van der Waals surface area contributed by atoms with E-state index in [1.807, 2.05) is 19.2 Å². The van der Waals surface area contributed by atoms with Crippen molar-refractivity contribution in [3.05, 3.63) is 34.1 Å². The minimum atomic E-state index is -0.197. The fraction of sp³-hybridized carbons (Fsp3) is 0.571. The van der Waals surface area contributed by atoms with Gasteiger partial charge in [-0.15, -0.1) is 0 Å². The van der Waals surface area contributed by atoms with Crippen LogP contribution in [-0.2, 0) is 0 Å². The van der Waals surface area contributed by atoms with Gasteiger partial charge in [-0.2, -0.15) is 0 Å². The maximum atomic E-state index is 14.0. The zero-order valence-corrected chi connectivity index (χ0v) is 12.9. The summed E-state index contributed by atoms with van der Waals surface area (Å²) in [6.07, 6.45) is 2.09. The molecular formula is C14H22BrFN2. The summed E-state index contributed by atoms with van der Waals surface area (Å²) in [6.45, 7) is 4.72. The van der Waals surface area contributed by atoms with E-state index in [9.17, 15) is 4.39 Å². The summed E-state index contributed by atoms with van der Waals surface area (Å²) in [5.41, 5.74) is 6.52. The van der Waals surface area contributed by atoms with Crippen molar-refractivity contribution >= 4 is 15.9 Å². The van der Waals surface area contributed by atoms with Gasteiger partial charge in [0.1, 0.15) is 5.82 Å². The predicted molar refractivity (Wildman–Crippen MR) is 78.0 cm³/mol. The Morgan fingerprint density at radius 1 is 1.33 bits per heavy atom. The number of hydrogen-bond donors (Lipinski definition) is 1. The Hall–Kier alpha value is -0.450. The fourth-order valence-electron chi connectivity index (χ4n) is 2.40. The number of benzene rings is 1. The second kappa shape index (κ2) is 7.22. The lowest BCUT2D eigenvalue weighted by Gasteiger charge is -2.34. The molecule has 0 fully saturated rings. The van der Waals surface area contributed by atoms with Crippen LogP contribution in [0.4, 0.5) is 4.39 Å². The number of nitrogens with two attached hydrogens (primary N) is 1. The van der Waals surface area contributed by atoms with Crippen molar-refractivity contribution in [2.45, 2.75) is 38.8 Å². The molecule has 0 spiro atoms. The quantitative estimate of drug-likeness (QED) is 0.867. The molecule has 102 valence electrons. The van der Waals surface area contributed by atoms with Crippen molar-refractivity contribution in [2.75, 3.05) is 13.6 Å². The third kappa shape index (κ3) is 3.53. The molecule has 0 bridgehead atoms. The minimum Gasteiger partial charge on any atom is -0.329 e. The Morgan fingerprint density at radius 2 is 1.94 bits per heavy atom. The zero-order chi connectivity index (χ0) is 13.7. The molecule has 1 aromatic rings. The van der Waals surface area contributed by atoms with Gasteiger partial charge >= 0.3 is 0 Å². The third-order valence-corrected chi connectivity index (χ3v) is 4.05. The smallest absolute Gasteiger partial charge is 0.129 e. The van der Waals surface area contributed by atoms with E-state index in [1.165, 1.54) is 6.07 Å². The molecular weight excluding hydrogens is 295 g/mol.